The Bertz CT molecular complexity index is 506. The predicted molar refractivity (Wildman–Crippen MR) is 63.5 cm³/mol. The Balaban J connectivity index is 2.16. The quantitative estimate of drug-likeness (QED) is 0.844. The zero-order chi connectivity index (χ0) is 10.4. The van der Waals surface area contributed by atoms with Crippen LogP contribution in [0.2, 0.25) is 0 Å². The zero-order valence-electron chi connectivity index (χ0n) is 8.82. The summed E-state index contributed by atoms with van der Waals surface area (Å²) in [5, 5.41) is 6.36. The van der Waals surface area contributed by atoms with E-state index in [1.54, 1.807) is 11.3 Å². The number of hydrogen-bond acceptors (Lipinski definition) is 4. The van der Waals surface area contributed by atoms with E-state index in [4.69, 9.17) is 0 Å². The van der Waals surface area contributed by atoms with E-state index < -0.39 is 0 Å². The third-order valence-electron chi connectivity index (χ3n) is 3.02. The molecule has 1 aliphatic rings. The van der Waals surface area contributed by atoms with E-state index in [0.29, 0.717) is 5.92 Å². The van der Waals surface area contributed by atoms with Crippen molar-refractivity contribution >= 4 is 27.4 Å². The molecule has 4 heteroatoms. The lowest BCUT2D eigenvalue weighted by molar-refractivity contribution is 0.854. The van der Waals surface area contributed by atoms with Crippen molar-refractivity contribution in [3.63, 3.8) is 0 Å². The highest BCUT2D eigenvalue weighted by molar-refractivity contribution is 7.16. The summed E-state index contributed by atoms with van der Waals surface area (Å²) in [7, 11) is 1.92. The summed E-state index contributed by atoms with van der Waals surface area (Å²) >= 11 is 1.69. The first kappa shape index (κ1) is 9.09. The Morgan fingerprint density at radius 1 is 1.47 bits per heavy atom. The van der Waals surface area contributed by atoms with Gasteiger partial charge in [-0.1, -0.05) is 6.92 Å². The van der Waals surface area contributed by atoms with Crippen molar-refractivity contribution in [3.8, 4) is 0 Å². The van der Waals surface area contributed by atoms with Gasteiger partial charge in [0.15, 0.2) is 0 Å². The summed E-state index contributed by atoms with van der Waals surface area (Å²) in [5.74, 6) is 3.33. The molecule has 2 heterocycles. The fourth-order valence-electron chi connectivity index (χ4n) is 1.91. The van der Waals surface area contributed by atoms with Gasteiger partial charge in [0.05, 0.1) is 5.39 Å². The van der Waals surface area contributed by atoms with Gasteiger partial charge in [-0.3, -0.25) is 0 Å². The van der Waals surface area contributed by atoms with E-state index >= 15 is 0 Å². The Hall–Kier alpha value is -1.16. The average molecular weight is 219 g/mol. The summed E-state index contributed by atoms with van der Waals surface area (Å²) in [6.45, 7) is 2.26. The normalized spacial score (nSPS) is 24.4. The van der Waals surface area contributed by atoms with Gasteiger partial charge in [0, 0.05) is 13.0 Å². The molecule has 3 rings (SSSR count). The molecule has 78 valence electrons. The molecule has 15 heavy (non-hydrogen) atoms. The second-order valence-electron chi connectivity index (χ2n) is 4.14. The topological polar surface area (TPSA) is 37.8 Å². The number of nitrogens with zero attached hydrogens (tertiary/aromatic N) is 2. The molecule has 2 unspecified atom stereocenters. The molecule has 2 aromatic heterocycles. The van der Waals surface area contributed by atoms with Crippen LogP contribution in [0.25, 0.3) is 10.2 Å². The number of hydrogen-bond donors (Lipinski definition) is 1. The molecule has 2 aromatic rings. The Morgan fingerprint density at radius 2 is 2.27 bits per heavy atom. The summed E-state index contributed by atoms with van der Waals surface area (Å²) in [6.07, 6.45) is 1.24. The van der Waals surface area contributed by atoms with Crippen LogP contribution >= 0.6 is 11.3 Å². The molecule has 1 saturated carbocycles. The standard InChI is InChI=1S/C11H13N3S/c1-6-5-8(6)10-13-9(12-2)7-3-4-15-11(7)14-10/h3-4,6,8H,5H2,1-2H3,(H,12,13,14). The van der Waals surface area contributed by atoms with Crippen molar-refractivity contribution < 1.29 is 0 Å². The molecular weight excluding hydrogens is 206 g/mol. The number of nitrogens with one attached hydrogen (secondary N) is 1. The van der Waals surface area contributed by atoms with E-state index in [9.17, 15) is 0 Å². The molecule has 1 aliphatic carbocycles. The maximum atomic E-state index is 4.62. The monoisotopic (exact) mass is 219 g/mol. The molecule has 0 radical (unpaired) electrons. The highest BCUT2D eigenvalue weighted by Crippen LogP contribution is 2.46. The molecule has 0 aliphatic heterocycles. The lowest BCUT2D eigenvalue weighted by Gasteiger charge is -2.04. The van der Waals surface area contributed by atoms with Gasteiger partial charge in [-0.2, -0.15) is 0 Å². The highest BCUT2D eigenvalue weighted by atomic mass is 32.1. The molecule has 0 amide bonds. The van der Waals surface area contributed by atoms with E-state index in [-0.39, 0.29) is 0 Å². The Kier molecular flexibility index (Phi) is 1.92. The fourth-order valence-corrected chi connectivity index (χ4v) is 2.68. The van der Waals surface area contributed by atoms with Crippen molar-refractivity contribution in [2.75, 3.05) is 12.4 Å². The zero-order valence-corrected chi connectivity index (χ0v) is 9.64. The van der Waals surface area contributed by atoms with Gasteiger partial charge in [-0.15, -0.1) is 11.3 Å². The van der Waals surface area contributed by atoms with Crippen LogP contribution < -0.4 is 5.32 Å². The van der Waals surface area contributed by atoms with Crippen LogP contribution in [0.4, 0.5) is 5.82 Å². The molecule has 0 spiro atoms. The van der Waals surface area contributed by atoms with Crippen LogP contribution in [0.3, 0.4) is 0 Å². The Labute approximate surface area is 92.6 Å². The lowest BCUT2D eigenvalue weighted by Crippen LogP contribution is -1.99. The predicted octanol–water partition coefficient (Wildman–Crippen LogP) is 2.86. The van der Waals surface area contributed by atoms with Crippen molar-refractivity contribution in [2.45, 2.75) is 19.3 Å². The van der Waals surface area contributed by atoms with Gasteiger partial charge >= 0.3 is 0 Å². The maximum absolute atomic E-state index is 4.62. The number of rotatable bonds is 2. The number of fused-ring (bicyclic) bond motifs is 1. The van der Waals surface area contributed by atoms with Gasteiger partial charge in [0.1, 0.15) is 16.5 Å². The van der Waals surface area contributed by atoms with E-state index in [2.05, 4.69) is 33.7 Å². The molecule has 1 N–H and O–H groups in total. The van der Waals surface area contributed by atoms with Crippen LogP contribution in [0.15, 0.2) is 11.4 Å². The van der Waals surface area contributed by atoms with Crippen LogP contribution in [0.1, 0.15) is 25.1 Å². The lowest BCUT2D eigenvalue weighted by atomic mass is 10.3. The minimum absolute atomic E-state index is 0.587. The smallest absolute Gasteiger partial charge is 0.138 e. The maximum Gasteiger partial charge on any atom is 0.138 e. The summed E-state index contributed by atoms with van der Waals surface area (Å²) in [4.78, 5) is 10.3. The molecule has 0 saturated heterocycles. The minimum atomic E-state index is 0.587. The highest BCUT2D eigenvalue weighted by Gasteiger charge is 2.37. The molecule has 0 bridgehead atoms. The number of thiophene rings is 1. The van der Waals surface area contributed by atoms with E-state index in [1.165, 1.54) is 6.42 Å². The first-order valence-corrected chi connectivity index (χ1v) is 6.10. The van der Waals surface area contributed by atoms with Crippen molar-refractivity contribution in [3.05, 3.63) is 17.3 Å². The van der Waals surface area contributed by atoms with Crippen LogP contribution in [-0.4, -0.2) is 17.0 Å². The van der Waals surface area contributed by atoms with Gasteiger partial charge in [-0.05, 0) is 23.8 Å². The average Bonchev–Trinajstić information content (AvgIpc) is 2.79. The molecule has 0 aromatic carbocycles. The Morgan fingerprint density at radius 3 is 2.93 bits per heavy atom. The first-order valence-electron chi connectivity index (χ1n) is 5.22. The summed E-state index contributed by atoms with van der Waals surface area (Å²) < 4.78 is 0. The second kappa shape index (κ2) is 3.17. The van der Waals surface area contributed by atoms with Crippen LogP contribution in [0.5, 0.6) is 0 Å². The minimum Gasteiger partial charge on any atom is -0.372 e. The van der Waals surface area contributed by atoms with E-state index in [1.807, 2.05) is 7.05 Å². The number of anilines is 1. The van der Waals surface area contributed by atoms with Crippen molar-refractivity contribution in [1.82, 2.24) is 9.97 Å². The van der Waals surface area contributed by atoms with Crippen LogP contribution in [-0.2, 0) is 0 Å². The van der Waals surface area contributed by atoms with Crippen LogP contribution in [0, 0.1) is 5.92 Å². The SMILES string of the molecule is CNc1nc(C2CC2C)nc2sccc12. The van der Waals surface area contributed by atoms with Gasteiger partial charge in [-0.25, -0.2) is 9.97 Å². The first-order chi connectivity index (χ1) is 7.29. The largest absolute Gasteiger partial charge is 0.372 e. The third-order valence-corrected chi connectivity index (χ3v) is 3.83. The van der Waals surface area contributed by atoms with Gasteiger partial charge in [0.25, 0.3) is 0 Å². The third kappa shape index (κ3) is 1.40. The number of aromatic nitrogens is 2. The van der Waals surface area contributed by atoms with Gasteiger partial charge < -0.3 is 5.32 Å². The van der Waals surface area contributed by atoms with Crippen molar-refractivity contribution in [1.29, 1.82) is 0 Å². The van der Waals surface area contributed by atoms with E-state index in [0.717, 1.165) is 27.8 Å². The van der Waals surface area contributed by atoms with Gasteiger partial charge in [0.2, 0.25) is 0 Å². The fraction of sp³-hybridized carbons (Fsp3) is 0.455. The molecule has 1 fully saturated rings. The molecular formula is C11H13N3S. The second-order valence-corrected chi connectivity index (χ2v) is 5.03. The summed E-state index contributed by atoms with van der Waals surface area (Å²) in [6, 6.07) is 2.08. The summed E-state index contributed by atoms with van der Waals surface area (Å²) in [5.41, 5.74) is 0. The molecule has 2 atom stereocenters. The van der Waals surface area contributed by atoms with Crippen molar-refractivity contribution in [2.24, 2.45) is 5.92 Å². The molecule has 3 nitrogen and oxygen atoms in total.